The van der Waals surface area contributed by atoms with Crippen LogP contribution >= 0.6 is 0 Å². The maximum atomic E-state index is 11.5. The molecule has 1 aliphatic rings. The van der Waals surface area contributed by atoms with Gasteiger partial charge < -0.3 is 15.5 Å². The van der Waals surface area contributed by atoms with Gasteiger partial charge in [-0.05, 0) is 14.1 Å². The quantitative estimate of drug-likeness (QED) is 0.494. The molecule has 6 nitrogen and oxygen atoms in total. The second-order valence-corrected chi connectivity index (χ2v) is 3.83. The Morgan fingerprint density at radius 3 is 2.87 bits per heavy atom. The zero-order chi connectivity index (χ0) is 11.3. The maximum absolute atomic E-state index is 11.5. The molecule has 0 aliphatic carbocycles. The van der Waals surface area contributed by atoms with Gasteiger partial charge >= 0.3 is 0 Å². The first-order valence-corrected chi connectivity index (χ1v) is 5.02. The largest absolute Gasteiger partial charge is 0.353 e. The normalized spacial score (nSPS) is 21.3. The highest BCUT2D eigenvalue weighted by atomic mass is 16.2. The van der Waals surface area contributed by atoms with E-state index in [4.69, 9.17) is 0 Å². The van der Waals surface area contributed by atoms with Crippen molar-refractivity contribution in [2.75, 3.05) is 40.3 Å². The number of nitrogens with zero attached hydrogens (tertiary/aromatic N) is 1. The molecule has 15 heavy (non-hydrogen) atoms. The van der Waals surface area contributed by atoms with Gasteiger partial charge in [0.1, 0.15) is 6.04 Å². The Balaban J connectivity index is 2.19. The van der Waals surface area contributed by atoms with E-state index in [0.717, 1.165) is 6.54 Å². The van der Waals surface area contributed by atoms with Crippen LogP contribution in [0.15, 0.2) is 0 Å². The van der Waals surface area contributed by atoms with Gasteiger partial charge in [0.05, 0.1) is 6.54 Å². The minimum absolute atomic E-state index is 0.0585. The van der Waals surface area contributed by atoms with E-state index in [9.17, 15) is 9.59 Å². The fourth-order valence-corrected chi connectivity index (χ4v) is 1.28. The third-order valence-electron chi connectivity index (χ3n) is 2.19. The first-order valence-electron chi connectivity index (χ1n) is 5.02. The summed E-state index contributed by atoms with van der Waals surface area (Å²) in [5.74, 6) is -0.121. The number of rotatable bonds is 4. The van der Waals surface area contributed by atoms with E-state index in [-0.39, 0.29) is 24.4 Å². The van der Waals surface area contributed by atoms with Crippen LogP contribution in [-0.2, 0) is 9.59 Å². The van der Waals surface area contributed by atoms with Crippen molar-refractivity contribution >= 4 is 11.8 Å². The Labute approximate surface area is 89.4 Å². The van der Waals surface area contributed by atoms with Gasteiger partial charge in [0.2, 0.25) is 11.8 Å². The number of nitrogens with one attached hydrogen (secondary N) is 3. The predicted octanol–water partition coefficient (Wildman–Crippen LogP) is -2.25. The molecule has 0 aromatic rings. The molecular formula is C9H18N4O2. The van der Waals surface area contributed by atoms with Gasteiger partial charge in [-0.3, -0.25) is 14.9 Å². The molecule has 1 rings (SSSR count). The first kappa shape index (κ1) is 11.9. The van der Waals surface area contributed by atoms with Gasteiger partial charge in [0, 0.05) is 19.6 Å². The van der Waals surface area contributed by atoms with Crippen LogP contribution in [0.25, 0.3) is 0 Å². The van der Waals surface area contributed by atoms with E-state index in [2.05, 4.69) is 16.0 Å². The Hall–Kier alpha value is -1.14. The molecule has 0 spiro atoms. The highest BCUT2D eigenvalue weighted by Gasteiger charge is 2.22. The predicted molar refractivity (Wildman–Crippen MR) is 56.4 cm³/mol. The third kappa shape index (κ3) is 4.26. The van der Waals surface area contributed by atoms with E-state index in [1.165, 1.54) is 0 Å². The molecule has 0 bridgehead atoms. The molecule has 0 aromatic carbocycles. The number of carbonyl (C=O) groups is 2. The zero-order valence-corrected chi connectivity index (χ0v) is 9.17. The summed E-state index contributed by atoms with van der Waals surface area (Å²) in [6, 6.07) is -0.301. The van der Waals surface area contributed by atoms with Crippen LogP contribution in [-0.4, -0.2) is 63.0 Å². The highest BCUT2D eigenvalue weighted by Crippen LogP contribution is 1.88. The summed E-state index contributed by atoms with van der Waals surface area (Å²) in [6.07, 6.45) is 0. The van der Waals surface area contributed by atoms with Gasteiger partial charge in [-0.2, -0.15) is 0 Å². The van der Waals surface area contributed by atoms with E-state index in [0.29, 0.717) is 13.1 Å². The van der Waals surface area contributed by atoms with Crippen LogP contribution < -0.4 is 16.0 Å². The lowest BCUT2D eigenvalue weighted by atomic mass is 10.2. The summed E-state index contributed by atoms with van der Waals surface area (Å²) < 4.78 is 0. The van der Waals surface area contributed by atoms with Crippen molar-refractivity contribution in [3.05, 3.63) is 0 Å². The molecule has 0 aromatic heterocycles. The van der Waals surface area contributed by atoms with E-state index >= 15 is 0 Å². The van der Waals surface area contributed by atoms with Gasteiger partial charge in [0.15, 0.2) is 0 Å². The molecule has 1 fully saturated rings. The summed E-state index contributed by atoms with van der Waals surface area (Å²) in [7, 11) is 3.90. The summed E-state index contributed by atoms with van der Waals surface area (Å²) in [6.45, 7) is 2.02. The third-order valence-corrected chi connectivity index (χ3v) is 2.19. The van der Waals surface area contributed by atoms with Gasteiger partial charge in [0.25, 0.3) is 0 Å². The number of piperazine rings is 1. The minimum atomic E-state index is -0.301. The van der Waals surface area contributed by atoms with Crippen molar-refractivity contribution < 1.29 is 9.59 Å². The molecule has 0 radical (unpaired) electrons. The molecular weight excluding hydrogens is 196 g/mol. The Kier molecular flexibility index (Phi) is 4.51. The van der Waals surface area contributed by atoms with Gasteiger partial charge in [-0.1, -0.05) is 0 Å². The van der Waals surface area contributed by atoms with Crippen LogP contribution in [0.5, 0.6) is 0 Å². The average Bonchev–Trinajstić information content (AvgIpc) is 2.18. The topological polar surface area (TPSA) is 73.5 Å². The van der Waals surface area contributed by atoms with Crippen molar-refractivity contribution in [3.8, 4) is 0 Å². The number of hydrogen-bond donors (Lipinski definition) is 3. The molecule has 1 atom stereocenters. The first-order chi connectivity index (χ1) is 7.09. The second kappa shape index (κ2) is 5.67. The van der Waals surface area contributed by atoms with Gasteiger partial charge in [-0.15, -0.1) is 0 Å². The lowest BCUT2D eigenvalue weighted by Gasteiger charge is -2.23. The zero-order valence-electron chi connectivity index (χ0n) is 9.17. The monoisotopic (exact) mass is 214 g/mol. The van der Waals surface area contributed by atoms with Crippen LogP contribution in [0, 0.1) is 0 Å². The molecule has 1 heterocycles. The molecule has 1 aliphatic heterocycles. The summed E-state index contributed by atoms with van der Waals surface area (Å²) in [5.41, 5.74) is 0. The van der Waals surface area contributed by atoms with Crippen molar-refractivity contribution in [1.29, 1.82) is 0 Å². The Morgan fingerprint density at radius 2 is 2.33 bits per heavy atom. The van der Waals surface area contributed by atoms with E-state index < -0.39 is 0 Å². The minimum Gasteiger partial charge on any atom is -0.353 e. The fourth-order valence-electron chi connectivity index (χ4n) is 1.28. The second-order valence-electron chi connectivity index (χ2n) is 3.83. The Bertz CT molecular complexity index is 232. The highest BCUT2D eigenvalue weighted by molar-refractivity contribution is 5.86. The van der Waals surface area contributed by atoms with E-state index in [1.807, 2.05) is 19.0 Å². The summed E-state index contributed by atoms with van der Waals surface area (Å²) >= 11 is 0. The number of likely N-dealkylation sites (N-methyl/N-ethyl adjacent to an activating group) is 1. The van der Waals surface area contributed by atoms with Crippen molar-refractivity contribution in [1.82, 2.24) is 20.9 Å². The average molecular weight is 214 g/mol. The fraction of sp³-hybridized carbons (Fsp3) is 0.778. The van der Waals surface area contributed by atoms with Crippen molar-refractivity contribution in [2.45, 2.75) is 6.04 Å². The standard InChI is InChI=1S/C9H18N4O2/c1-13(2)4-3-10-9(15)7-5-12-8(14)6-11-7/h7,11H,3-6H2,1-2H3,(H,10,15)(H,12,14). The van der Waals surface area contributed by atoms with Crippen molar-refractivity contribution in [3.63, 3.8) is 0 Å². The molecule has 6 heteroatoms. The van der Waals surface area contributed by atoms with Crippen LogP contribution in [0.2, 0.25) is 0 Å². The SMILES string of the molecule is CN(C)CCNC(=O)C1CNC(=O)CN1. The van der Waals surface area contributed by atoms with E-state index in [1.54, 1.807) is 0 Å². The number of amides is 2. The smallest absolute Gasteiger partial charge is 0.239 e. The van der Waals surface area contributed by atoms with Crippen molar-refractivity contribution in [2.24, 2.45) is 0 Å². The van der Waals surface area contributed by atoms with Crippen LogP contribution in [0.4, 0.5) is 0 Å². The molecule has 1 unspecified atom stereocenters. The number of hydrogen-bond acceptors (Lipinski definition) is 4. The lowest BCUT2D eigenvalue weighted by molar-refractivity contribution is -0.126. The lowest BCUT2D eigenvalue weighted by Crippen LogP contribution is -2.58. The Morgan fingerprint density at radius 1 is 1.60 bits per heavy atom. The number of carbonyl (C=O) groups excluding carboxylic acids is 2. The van der Waals surface area contributed by atoms with Crippen LogP contribution in [0.1, 0.15) is 0 Å². The maximum Gasteiger partial charge on any atom is 0.239 e. The molecule has 86 valence electrons. The molecule has 0 saturated carbocycles. The van der Waals surface area contributed by atoms with Gasteiger partial charge in [-0.25, -0.2) is 0 Å². The molecule has 2 amide bonds. The molecule has 3 N–H and O–H groups in total. The molecule has 1 saturated heterocycles. The summed E-state index contributed by atoms with van der Waals surface area (Å²) in [4.78, 5) is 24.4. The van der Waals surface area contributed by atoms with Crippen LogP contribution in [0.3, 0.4) is 0 Å². The summed E-state index contributed by atoms with van der Waals surface area (Å²) in [5, 5.41) is 8.31.